The molecule has 4 nitrogen and oxygen atoms in total. The van der Waals surface area contributed by atoms with Crippen LogP contribution in [0.4, 0.5) is 0 Å². The molecule has 1 aromatic heterocycles. The van der Waals surface area contributed by atoms with E-state index >= 15 is 0 Å². The molecule has 4 heteroatoms. The Morgan fingerprint density at radius 3 is 2.53 bits per heavy atom. The highest BCUT2D eigenvalue weighted by molar-refractivity contribution is 5.84. The van der Waals surface area contributed by atoms with Gasteiger partial charge in [0, 0.05) is 6.04 Å². The van der Waals surface area contributed by atoms with E-state index in [1.165, 1.54) is 31.7 Å². The predicted octanol–water partition coefficient (Wildman–Crippen LogP) is 3.55. The summed E-state index contributed by atoms with van der Waals surface area (Å²) in [6, 6.07) is 4.00. The van der Waals surface area contributed by atoms with Gasteiger partial charge in [-0.25, -0.2) is 4.79 Å². The van der Waals surface area contributed by atoms with Crippen LogP contribution in [0.15, 0.2) is 16.5 Å². The van der Waals surface area contributed by atoms with E-state index in [-0.39, 0.29) is 11.8 Å². The summed E-state index contributed by atoms with van der Waals surface area (Å²) in [4.78, 5) is 13.2. The minimum absolute atomic E-state index is 0.0208. The number of aromatic carboxylic acids is 1. The lowest BCUT2D eigenvalue weighted by atomic mass is 9.86. The van der Waals surface area contributed by atoms with Crippen LogP contribution in [0, 0.1) is 5.92 Å². The lowest BCUT2D eigenvalue weighted by molar-refractivity contribution is 0.0652. The molecule has 0 amide bonds. The number of rotatable bonds is 4. The lowest BCUT2D eigenvalue weighted by Crippen LogP contribution is -2.36. The highest BCUT2D eigenvalue weighted by Gasteiger charge is 2.27. The Morgan fingerprint density at radius 2 is 2.00 bits per heavy atom. The molecule has 1 unspecified atom stereocenters. The normalized spacial score (nSPS) is 25.5. The van der Waals surface area contributed by atoms with E-state index in [9.17, 15) is 4.79 Å². The van der Waals surface area contributed by atoms with Crippen LogP contribution >= 0.6 is 0 Å². The van der Waals surface area contributed by atoms with Crippen molar-refractivity contribution in [3.63, 3.8) is 0 Å². The second-order valence-corrected chi connectivity index (χ2v) is 5.76. The maximum atomic E-state index is 10.8. The van der Waals surface area contributed by atoms with Gasteiger partial charge in [-0.15, -0.1) is 0 Å². The van der Waals surface area contributed by atoms with Gasteiger partial charge < -0.3 is 9.52 Å². The summed E-state index contributed by atoms with van der Waals surface area (Å²) in [6.07, 6.45) is 4.99. The van der Waals surface area contributed by atoms with Gasteiger partial charge in [0.15, 0.2) is 0 Å². The third kappa shape index (κ3) is 3.18. The Hall–Kier alpha value is -1.29. The molecule has 19 heavy (non-hydrogen) atoms. The molecule has 1 heterocycles. The molecule has 106 valence electrons. The first-order valence-electron chi connectivity index (χ1n) is 7.04. The zero-order valence-electron chi connectivity index (χ0n) is 11.9. The van der Waals surface area contributed by atoms with Crippen LogP contribution in [0.1, 0.15) is 61.9 Å². The van der Waals surface area contributed by atoms with Crippen molar-refractivity contribution in [2.45, 2.75) is 51.6 Å². The molecule has 0 bridgehead atoms. The van der Waals surface area contributed by atoms with Crippen LogP contribution in [0.3, 0.4) is 0 Å². The standard InChI is InChI=1S/C15H23NO3/c1-10-4-6-12(7-5-10)16(3)11(2)13-8-9-14(19-13)15(17)18/h8-12H,4-7H2,1-3H3,(H,17,18). The average Bonchev–Trinajstić information content (AvgIpc) is 2.87. The van der Waals surface area contributed by atoms with Gasteiger partial charge >= 0.3 is 5.97 Å². The molecule has 1 fully saturated rings. The first-order chi connectivity index (χ1) is 8.99. The highest BCUT2D eigenvalue weighted by Crippen LogP contribution is 2.31. The Balaban J connectivity index is 2.01. The Kier molecular flexibility index (Phi) is 4.30. The first kappa shape index (κ1) is 14.1. The summed E-state index contributed by atoms with van der Waals surface area (Å²) in [5.74, 6) is 0.584. The molecule has 0 saturated heterocycles. The van der Waals surface area contributed by atoms with Gasteiger partial charge in [-0.3, -0.25) is 4.90 Å². The highest BCUT2D eigenvalue weighted by atomic mass is 16.4. The summed E-state index contributed by atoms with van der Waals surface area (Å²) in [5.41, 5.74) is 0. The molecule has 1 atom stereocenters. The Bertz CT molecular complexity index is 432. The van der Waals surface area contributed by atoms with Crippen molar-refractivity contribution >= 4 is 5.97 Å². The van der Waals surface area contributed by atoms with Crippen molar-refractivity contribution in [2.24, 2.45) is 5.92 Å². The molecule has 1 aliphatic carbocycles. The van der Waals surface area contributed by atoms with Crippen LogP contribution in [0.2, 0.25) is 0 Å². The largest absolute Gasteiger partial charge is 0.475 e. The van der Waals surface area contributed by atoms with Crippen LogP contribution in [0.25, 0.3) is 0 Å². The Morgan fingerprint density at radius 1 is 1.37 bits per heavy atom. The van der Waals surface area contributed by atoms with Crippen LogP contribution in [-0.4, -0.2) is 29.1 Å². The van der Waals surface area contributed by atoms with Gasteiger partial charge in [-0.2, -0.15) is 0 Å². The summed E-state index contributed by atoms with van der Waals surface area (Å²) in [6.45, 7) is 4.38. The molecular weight excluding hydrogens is 242 g/mol. The first-order valence-corrected chi connectivity index (χ1v) is 7.04. The van der Waals surface area contributed by atoms with E-state index in [1.807, 2.05) is 0 Å². The zero-order chi connectivity index (χ0) is 14.0. The number of carboxylic acid groups (broad SMARTS) is 1. The molecule has 0 spiro atoms. The number of hydrogen-bond donors (Lipinski definition) is 1. The van der Waals surface area contributed by atoms with Crippen molar-refractivity contribution in [1.82, 2.24) is 4.90 Å². The number of carboxylic acids is 1. The fourth-order valence-corrected chi connectivity index (χ4v) is 2.86. The molecule has 1 aromatic rings. The van der Waals surface area contributed by atoms with Gasteiger partial charge in [-0.1, -0.05) is 6.92 Å². The molecule has 2 rings (SSSR count). The zero-order valence-corrected chi connectivity index (χ0v) is 11.9. The van der Waals surface area contributed by atoms with Crippen LogP contribution in [-0.2, 0) is 0 Å². The van der Waals surface area contributed by atoms with Gasteiger partial charge in [0.25, 0.3) is 0 Å². The number of furan rings is 1. The molecule has 1 aliphatic rings. The average molecular weight is 265 g/mol. The molecule has 0 aliphatic heterocycles. The van der Waals surface area contributed by atoms with Gasteiger partial charge in [-0.05, 0) is 57.7 Å². The third-order valence-corrected chi connectivity index (χ3v) is 4.42. The van der Waals surface area contributed by atoms with Gasteiger partial charge in [0.2, 0.25) is 5.76 Å². The van der Waals surface area contributed by atoms with E-state index in [0.29, 0.717) is 6.04 Å². The summed E-state index contributed by atoms with van der Waals surface area (Å²) >= 11 is 0. The summed E-state index contributed by atoms with van der Waals surface area (Å²) in [7, 11) is 2.11. The van der Waals surface area contributed by atoms with E-state index < -0.39 is 5.97 Å². The maximum absolute atomic E-state index is 10.8. The molecular formula is C15H23NO3. The van der Waals surface area contributed by atoms with E-state index in [4.69, 9.17) is 9.52 Å². The van der Waals surface area contributed by atoms with E-state index in [0.717, 1.165) is 11.7 Å². The van der Waals surface area contributed by atoms with Crippen molar-refractivity contribution in [3.05, 3.63) is 23.7 Å². The second-order valence-electron chi connectivity index (χ2n) is 5.76. The number of hydrogen-bond acceptors (Lipinski definition) is 3. The monoisotopic (exact) mass is 265 g/mol. The quantitative estimate of drug-likeness (QED) is 0.904. The van der Waals surface area contributed by atoms with Crippen molar-refractivity contribution in [1.29, 1.82) is 0 Å². The third-order valence-electron chi connectivity index (χ3n) is 4.42. The fraction of sp³-hybridized carbons (Fsp3) is 0.667. The molecule has 1 saturated carbocycles. The maximum Gasteiger partial charge on any atom is 0.371 e. The summed E-state index contributed by atoms with van der Waals surface area (Å²) in [5, 5.41) is 8.89. The summed E-state index contributed by atoms with van der Waals surface area (Å²) < 4.78 is 5.40. The van der Waals surface area contributed by atoms with Crippen molar-refractivity contribution < 1.29 is 14.3 Å². The second kappa shape index (κ2) is 5.78. The van der Waals surface area contributed by atoms with Crippen molar-refractivity contribution in [2.75, 3.05) is 7.05 Å². The molecule has 0 aromatic carbocycles. The van der Waals surface area contributed by atoms with Gasteiger partial charge in [0.1, 0.15) is 5.76 Å². The number of carbonyl (C=O) groups is 1. The topological polar surface area (TPSA) is 53.7 Å². The molecule has 0 radical (unpaired) electrons. The minimum Gasteiger partial charge on any atom is -0.475 e. The molecule has 1 N–H and O–H groups in total. The van der Waals surface area contributed by atoms with E-state index in [2.05, 4.69) is 25.8 Å². The smallest absolute Gasteiger partial charge is 0.371 e. The minimum atomic E-state index is -1.01. The lowest BCUT2D eigenvalue weighted by Gasteiger charge is -2.36. The van der Waals surface area contributed by atoms with Crippen LogP contribution < -0.4 is 0 Å². The van der Waals surface area contributed by atoms with Crippen molar-refractivity contribution in [3.8, 4) is 0 Å². The van der Waals surface area contributed by atoms with Gasteiger partial charge in [0.05, 0.1) is 6.04 Å². The fourth-order valence-electron chi connectivity index (χ4n) is 2.86. The Labute approximate surface area is 114 Å². The van der Waals surface area contributed by atoms with Crippen LogP contribution in [0.5, 0.6) is 0 Å². The van der Waals surface area contributed by atoms with E-state index in [1.54, 1.807) is 6.07 Å². The number of nitrogens with zero attached hydrogens (tertiary/aromatic N) is 1. The predicted molar refractivity (Wildman–Crippen MR) is 73.3 cm³/mol. The SMILES string of the molecule is CC1CCC(N(C)C(C)c2ccc(C(=O)O)o2)CC1.